The number of aromatic nitrogens is 1. The van der Waals surface area contributed by atoms with Gasteiger partial charge in [0.15, 0.2) is 0 Å². The number of hydrogen-bond donors (Lipinski definition) is 2. The number of hydrogen-bond acceptors (Lipinski definition) is 4. The van der Waals surface area contributed by atoms with Crippen LogP contribution in [0.1, 0.15) is 40.0 Å². The van der Waals surface area contributed by atoms with Crippen molar-refractivity contribution < 1.29 is 13.6 Å². The topological polar surface area (TPSA) is 77.8 Å². The van der Waals surface area contributed by atoms with Crippen LogP contribution in [0.15, 0.2) is 59.2 Å². The lowest BCUT2D eigenvalue weighted by Gasteiger charge is -2.16. The van der Waals surface area contributed by atoms with Gasteiger partial charge in [-0.2, -0.15) is 5.26 Å². The molecular formula is C22H17BrF2N4O. The molecule has 0 saturated carbocycles. The first-order valence-corrected chi connectivity index (χ1v) is 9.81. The van der Waals surface area contributed by atoms with Crippen LogP contribution in [0.3, 0.4) is 0 Å². The summed E-state index contributed by atoms with van der Waals surface area (Å²) >= 11 is 3.21. The molecule has 152 valence electrons. The summed E-state index contributed by atoms with van der Waals surface area (Å²) in [5.41, 5.74) is 1.49. The quantitative estimate of drug-likeness (QED) is 0.525. The molecule has 0 aliphatic carbocycles. The summed E-state index contributed by atoms with van der Waals surface area (Å²) in [6.45, 7) is 1.86. The highest BCUT2D eigenvalue weighted by atomic mass is 79.9. The molecule has 1 aromatic heterocycles. The van der Waals surface area contributed by atoms with E-state index in [0.717, 1.165) is 5.56 Å². The average molecular weight is 471 g/mol. The van der Waals surface area contributed by atoms with E-state index in [1.807, 2.05) is 6.07 Å². The molecule has 1 atom stereocenters. The predicted octanol–water partition coefficient (Wildman–Crippen LogP) is 5.10. The Bertz CT molecular complexity index is 1110. The average Bonchev–Trinajstić information content (AvgIpc) is 2.73. The molecule has 0 aliphatic rings. The predicted molar refractivity (Wildman–Crippen MR) is 113 cm³/mol. The fraction of sp³-hybridized carbons (Fsp3) is 0.136. The van der Waals surface area contributed by atoms with E-state index < -0.39 is 17.8 Å². The van der Waals surface area contributed by atoms with Crippen molar-refractivity contribution in [2.24, 2.45) is 0 Å². The molecular weight excluding hydrogens is 454 g/mol. The highest BCUT2D eigenvalue weighted by Crippen LogP contribution is 2.20. The van der Waals surface area contributed by atoms with Gasteiger partial charge in [0, 0.05) is 22.8 Å². The lowest BCUT2D eigenvalue weighted by atomic mass is 10.1. The fourth-order valence-electron chi connectivity index (χ4n) is 2.79. The second kappa shape index (κ2) is 9.46. The monoisotopic (exact) mass is 470 g/mol. The number of nitrogens with zero attached hydrogens (tertiary/aromatic N) is 2. The Kier molecular flexibility index (Phi) is 6.75. The minimum atomic E-state index is -0.463. The maximum absolute atomic E-state index is 14.1. The van der Waals surface area contributed by atoms with Gasteiger partial charge in [-0.25, -0.2) is 13.8 Å². The zero-order valence-electron chi connectivity index (χ0n) is 15.9. The molecule has 0 aliphatic heterocycles. The van der Waals surface area contributed by atoms with Crippen molar-refractivity contribution in [3.05, 3.63) is 93.1 Å². The molecule has 0 fully saturated rings. The Morgan fingerprint density at radius 1 is 1.20 bits per heavy atom. The number of pyridine rings is 1. The van der Waals surface area contributed by atoms with Gasteiger partial charge in [-0.1, -0.05) is 34.1 Å². The van der Waals surface area contributed by atoms with Gasteiger partial charge < -0.3 is 10.6 Å². The number of carbonyl (C=O) groups is 1. The van der Waals surface area contributed by atoms with Crippen molar-refractivity contribution in [1.82, 2.24) is 10.3 Å². The van der Waals surface area contributed by atoms with Crippen LogP contribution in [0, 0.1) is 23.0 Å². The van der Waals surface area contributed by atoms with E-state index in [2.05, 4.69) is 31.5 Å². The Morgan fingerprint density at radius 3 is 2.60 bits per heavy atom. The van der Waals surface area contributed by atoms with Crippen molar-refractivity contribution in [2.75, 3.05) is 5.32 Å². The molecule has 1 amide bonds. The zero-order valence-corrected chi connectivity index (χ0v) is 17.5. The molecule has 0 unspecified atom stereocenters. The van der Waals surface area contributed by atoms with Crippen molar-refractivity contribution in [2.45, 2.75) is 19.5 Å². The summed E-state index contributed by atoms with van der Waals surface area (Å²) in [4.78, 5) is 17.0. The van der Waals surface area contributed by atoms with Gasteiger partial charge in [-0.3, -0.25) is 4.79 Å². The Hall–Kier alpha value is -3.31. The van der Waals surface area contributed by atoms with Crippen LogP contribution in [-0.4, -0.2) is 10.9 Å². The largest absolute Gasteiger partial charge is 0.365 e. The summed E-state index contributed by atoms with van der Waals surface area (Å²) in [5, 5.41) is 14.9. The second-order valence-electron chi connectivity index (χ2n) is 6.57. The van der Waals surface area contributed by atoms with Gasteiger partial charge >= 0.3 is 0 Å². The van der Waals surface area contributed by atoms with Crippen LogP contribution >= 0.6 is 15.9 Å². The standard InChI is InChI=1S/C22H17BrF2N4O/c1-13(15-3-6-18(24)7-4-15)29-22(30)19-8-14(10-26)11-27-21(19)28-12-16-2-5-17(23)9-20(16)25/h2-9,11,13H,12H2,1H3,(H,27,28)(H,29,30)/t13-/m0/s1. The molecule has 3 aromatic rings. The van der Waals surface area contributed by atoms with E-state index in [9.17, 15) is 13.6 Å². The van der Waals surface area contributed by atoms with E-state index in [4.69, 9.17) is 5.26 Å². The fourth-order valence-corrected chi connectivity index (χ4v) is 3.13. The number of anilines is 1. The second-order valence-corrected chi connectivity index (χ2v) is 7.48. The van der Waals surface area contributed by atoms with E-state index >= 15 is 0 Å². The van der Waals surface area contributed by atoms with Crippen LogP contribution in [0.5, 0.6) is 0 Å². The lowest BCUT2D eigenvalue weighted by molar-refractivity contribution is 0.0940. The Balaban J connectivity index is 1.80. The molecule has 3 rings (SSSR count). The molecule has 2 N–H and O–H groups in total. The van der Waals surface area contributed by atoms with Crippen LogP contribution < -0.4 is 10.6 Å². The third-order valence-electron chi connectivity index (χ3n) is 4.44. The molecule has 30 heavy (non-hydrogen) atoms. The van der Waals surface area contributed by atoms with E-state index in [1.165, 1.54) is 30.5 Å². The van der Waals surface area contributed by atoms with Crippen LogP contribution in [-0.2, 0) is 6.54 Å². The molecule has 0 bridgehead atoms. The summed E-state index contributed by atoms with van der Waals surface area (Å²) in [5.74, 6) is -1.01. The van der Waals surface area contributed by atoms with Gasteiger partial charge in [0.2, 0.25) is 0 Å². The van der Waals surface area contributed by atoms with Crippen molar-refractivity contribution >= 4 is 27.7 Å². The highest BCUT2D eigenvalue weighted by molar-refractivity contribution is 9.10. The Labute approximate surface area is 180 Å². The number of nitrogens with one attached hydrogen (secondary N) is 2. The number of carbonyl (C=O) groups excluding carboxylic acids is 1. The molecule has 2 aromatic carbocycles. The summed E-state index contributed by atoms with van der Waals surface area (Å²) in [6.07, 6.45) is 1.33. The normalized spacial score (nSPS) is 11.4. The molecule has 8 heteroatoms. The van der Waals surface area contributed by atoms with Crippen LogP contribution in [0.4, 0.5) is 14.6 Å². The van der Waals surface area contributed by atoms with Crippen molar-refractivity contribution in [3.8, 4) is 6.07 Å². The molecule has 5 nitrogen and oxygen atoms in total. The van der Waals surface area contributed by atoms with Gasteiger partial charge in [-0.15, -0.1) is 0 Å². The summed E-state index contributed by atoms with van der Waals surface area (Å²) in [6, 6.07) is 13.4. The third-order valence-corrected chi connectivity index (χ3v) is 4.93. The lowest BCUT2D eigenvalue weighted by Crippen LogP contribution is -2.28. The van der Waals surface area contributed by atoms with Gasteiger partial charge in [-0.05, 0) is 42.8 Å². The van der Waals surface area contributed by atoms with Crippen molar-refractivity contribution in [1.29, 1.82) is 5.26 Å². The van der Waals surface area contributed by atoms with Gasteiger partial charge in [0.1, 0.15) is 23.5 Å². The first-order valence-electron chi connectivity index (χ1n) is 9.01. The highest BCUT2D eigenvalue weighted by Gasteiger charge is 2.17. The van der Waals surface area contributed by atoms with Gasteiger partial charge in [0.05, 0.1) is 17.2 Å². The number of benzene rings is 2. The minimum Gasteiger partial charge on any atom is -0.365 e. The minimum absolute atomic E-state index is 0.103. The maximum Gasteiger partial charge on any atom is 0.255 e. The molecule has 0 radical (unpaired) electrons. The Morgan fingerprint density at radius 2 is 1.93 bits per heavy atom. The number of amides is 1. The molecule has 1 heterocycles. The van der Waals surface area contributed by atoms with E-state index in [-0.39, 0.29) is 29.3 Å². The van der Waals surface area contributed by atoms with E-state index in [1.54, 1.807) is 31.2 Å². The summed E-state index contributed by atoms with van der Waals surface area (Å²) < 4.78 is 27.8. The third kappa shape index (κ3) is 5.19. The van der Waals surface area contributed by atoms with Gasteiger partial charge in [0.25, 0.3) is 5.91 Å². The zero-order chi connectivity index (χ0) is 21.7. The first-order chi connectivity index (χ1) is 14.4. The SMILES string of the molecule is C[C@H](NC(=O)c1cc(C#N)cnc1NCc1ccc(Br)cc1F)c1ccc(F)cc1. The molecule has 0 spiro atoms. The summed E-state index contributed by atoms with van der Waals surface area (Å²) in [7, 11) is 0. The first kappa shape index (κ1) is 21.4. The van der Waals surface area contributed by atoms with Crippen LogP contribution in [0.2, 0.25) is 0 Å². The van der Waals surface area contributed by atoms with E-state index in [0.29, 0.717) is 10.0 Å². The number of nitriles is 1. The number of halogens is 3. The molecule has 0 saturated heterocycles. The van der Waals surface area contributed by atoms with Crippen molar-refractivity contribution in [3.63, 3.8) is 0 Å². The van der Waals surface area contributed by atoms with Crippen LogP contribution in [0.25, 0.3) is 0 Å². The maximum atomic E-state index is 14.1. The number of rotatable bonds is 6. The smallest absolute Gasteiger partial charge is 0.255 e.